The maximum absolute atomic E-state index is 12.1. The fourth-order valence-electron chi connectivity index (χ4n) is 1.53. The van der Waals surface area contributed by atoms with Crippen molar-refractivity contribution < 1.29 is 15.0 Å². The normalized spacial score (nSPS) is 10.3. The van der Waals surface area contributed by atoms with E-state index in [1.807, 2.05) is 6.07 Å². The standard InChI is InChI=1S/C12H16ClNO3/c13-9-10-2-1-3-11(8-10)12(17)14(4-6-15)5-7-16/h1-3,8,15-16H,4-7,9H2. The molecule has 1 rings (SSSR count). The molecule has 0 bridgehead atoms. The average Bonchev–Trinajstić information content (AvgIpc) is 2.38. The molecule has 0 radical (unpaired) electrons. The molecular formula is C12H16ClNO3. The van der Waals surface area contributed by atoms with E-state index in [2.05, 4.69) is 0 Å². The highest BCUT2D eigenvalue weighted by atomic mass is 35.5. The van der Waals surface area contributed by atoms with Crippen molar-refractivity contribution >= 4 is 17.5 Å². The van der Waals surface area contributed by atoms with E-state index < -0.39 is 0 Å². The van der Waals surface area contributed by atoms with Crippen LogP contribution in [0, 0.1) is 0 Å². The second kappa shape index (κ2) is 7.27. The molecule has 0 aliphatic heterocycles. The van der Waals surface area contributed by atoms with Gasteiger partial charge in [0.05, 0.1) is 13.2 Å². The van der Waals surface area contributed by atoms with Crippen LogP contribution in [0.5, 0.6) is 0 Å². The number of aliphatic hydroxyl groups excluding tert-OH is 2. The van der Waals surface area contributed by atoms with Gasteiger partial charge in [0.1, 0.15) is 0 Å². The lowest BCUT2D eigenvalue weighted by molar-refractivity contribution is 0.0684. The van der Waals surface area contributed by atoms with Crippen LogP contribution in [0.2, 0.25) is 0 Å². The third-order valence-corrected chi connectivity index (χ3v) is 2.66. The van der Waals surface area contributed by atoms with E-state index in [1.165, 1.54) is 4.90 Å². The SMILES string of the molecule is O=C(c1cccc(CCl)c1)N(CCO)CCO. The van der Waals surface area contributed by atoms with Crippen molar-refractivity contribution in [3.05, 3.63) is 35.4 Å². The molecule has 0 atom stereocenters. The number of carbonyl (C=O) groups excluding carboxylic acids is 1. The monoisotopic (exact) mass is 257 g/mol. The van der Waals surface area contributed by atoms with Crippen molar-refractivity contribution in [2.45, 2.75) is 5.88 Å². The number of halogens is 1. The van der Waals surface area contributed by atoms with Crippen molar-refractivity contribution in [2.75, 3.05) is 26.3 Å². The minimum absolute atomic E-state index is 0.124. The molecule has 17 heavy (non-hydrogen) atoms. The van der Waals surface area contributed by atoms with Gasteiger partial charge < -0.3 is 15.1 Å². The van der Waals surface area contributed by atoms with E-state index in [9.17, 15) is 4.79 Å². The molecule has 1 aromatic carbocycles. The van der Waals surface area contributed by atoms with Crippen LogP contribution >= 0.6 is 11.6 Å². The van der Waals surface area contributed by atoms with Crippen LogP contribution in [0.25, 0.3) is 0 Å². The zero-order valence-corrected chi connectivity index (χ0v) is 10.2. The first-order valence-corrected chi connectivity index (χ1v) is 5.92. The second-order valence-corrected chi connectivity index (χ2v) is 3.84. The van der Waals surface area contributed by atoms with E-state index in [0.717, 1.165) is 5.56 Å². The summed E-state index contributed by atoms with van der Waals surface area (Å²) in [6, 6.07) is 7.02. The Morgan fingerprint density at radius 2 is 1.88 bits per heavy atom. The fourth-order valence-corrected chi connectivity index (χ4v) is 1.69. The van der Waals surface area contributed by atoms with E-state index >= 15 is 0 Å². The number of amides is 1. The number of hydrogen-bond donors (Lipinski definition) is 2. The van der Waals surface area contributed by atoms with Crippen molar-refractivity contribution in [3.63, 3.8) is 0 Å². The Balaban J connectivity index is 2.84. The van der Waals surface area contributed by atoms with E-state index in [4.69, 9.17) is 21.8 Å². The highest BCUT2D eigenvalue weighted by Crippen LogP contribution is 2.10. The molecule has 0 unspecified atom stereocenters. The molecule has 0 fully saturated rings. The summed E-state index contributed by atoms with van der Waals surface area (Å²) >= 11 is 5.70. The third-order valence-electron chi connectivity index (χ3n) is 2.36. The largest absolute Gasteiger partial charge is 0.395 e. The lowest BCUT2D eigenvalue weighted by Crippen LogP contribution is -2.35. The minimum atomic E-state index is -0.208. The van der Waals surface area contributed by atoms with E-state index in [0.29, 0.717) is 11.4 Å². The first kappa shape index (κ1) is 14.0. The van der Waals surface area contributed by atoms with Crippen LogP contribution in [0.4, 0.5) is 0 Å². The lowest BCUT2D eigenvalue weighted by atomic mass is 10.1. The number of nitrogens with zero attached hydrogens (tertiary/aromatic N) is 1. The summed E-state index contributed by atoms with van der Waals surface area (Å²) in [4.78, 5) is 13.5. The van der Waals surface area contributed by atoms with Gasteiger partial charge >= 0.3 is 0 Å². The number of rotatable bonds is 6. The Bertz CT molecular complexity index is 365. The van der Waals surface area contributed by atoms with Gasteiger partial charge in [-0.25, -0.2) is 0 Å². The van der Waals surface area contributed by atoms with Crippen LogP contribution < -0.4 is 0 Å². The highest BCUT2D eigenvalue weighted by molar-refractivity contribution is 6.17. The van der Waals surface area contributed by atoms with Crippen LogP contribution in [0.15, 0.2) is 24.3 Å². The number of benzene rings is 1. The van der Waals surface area contributed by atoms with Gasteiger partial charge in [-0.05, 0) is 17.7 Å². The summed E-state index contributed by atoms with van der Waals surface area (Å²) in [5, 5.41) is 17.7. The number of alkyl halides is 1. The third kappa shape index (κ3) is 4.00. The van der Waals surface area contributed by atoms with Crippen molar-refractivity contribution in [2.24, 2.45) is 0 Å². The van der Waals surface area contributed by atoms with E-state index in [1.54, 1.807) is 18.2 Å². The summed E-state index contributed by atoms with van der Waals surface area (Å²) in [5.74, 6) is 0.140. The molecule has 2 N–H and O–H groups in total. The highest BCUT2D eigenvalue weighted by Gasteiger charge is 2.14. The number of hydrogen-bond acceptors (Lipinski definition) is 3. The van der Waals surface area contributed by atoms with Gasteiger partial charge in [-0.1, -0.05) is 12.1 Å². The zero-order chi connectivity index (χ0) is 12.7. The molecule has 0 saturated heterocycles. The van der Waals surface area contributed by atoms with Gasteiger partial charge in [0.15, 0.2) is 0 Å². The Labute approximate surface area is 105 Å². The lowest BCUT2D eigenvalue weighted by Gasteiger charge is -2.20. The maximum Gasteiger partial charge on any atom is 0.254 e. The van der Waals surface area contributed by atoms with Gasteiger partial charge in [-0.2, -0.15) is 0 Å². The summed E-state index contributed by atoms with van der Waals surface area (Å²) in [6.07, 6.45) is 0. The number of aliphatic hydroxyl groups is 2. The molecule has 0 spiro atoms. The first-order chi connectivity index (χ1) is 8.22. The molecule has 1 aromatic rings. The fraction of sp³-hybridized carbons (Fsp3) is 0.417. The Kier molecular flexibility index (Phi) is 5.97. The van der Waals surface area contributed by atoms with Crippen LogP contribution in [0.1, 0.15) is 15.9 Å². The van der Waals surface area contributed by atoms with Gasteiger partial charge in [0, 0.05) is 24.5 Å². The molecule has 1 amide bonds. The van der Waals surface area contributed by atoms with Gasteiger partial charge in [-0.15, -0.1) is 11.6 Å². The van der Waals surface area contributed by atoms with Gasteiger partial charge in [0.2, 0.25) is 0 Å². The zero-order valence-electron chi connectivity index (χ0n) is 9.47. The molecule has 0 aliphatic rings. The Morgan fingerprint density at radius 1 is 1.24 bits per heavy atom. The quantitative estimate of drug-likeness (QED) is 0.743. The molecule has 0 aliphatic carbocycles. The predicted molar refractivity (Wildman–Crippen MR) is 66.1 cm³/mol. The van der Waals surface area contributed by atoms with Crippen LogP contribution in [-0.4, -0.2) is 47.3 Å². The summed E-state index contributed by atoms with van der Waals surface area (Å²) in [6.45, 7) is 0.177. The minimum Gasteiger partial charge on any atom is -0.395 e. The summed E-state index contributed by atoms with van der Waals surface area (Å²) in [5.41, 5.74) is 1.38. The maximum atomic E-state index is 12.1. The molecule has 0 aromatic heterocycles. The Hall–Kier alpha value is -1.10. The van der Waals surface area contributed by atoms with Gasteiger partial charge in [-0.3, -0.25) is 4.79 Å². The Morgan fingerprint density at radius 3 is 2.41 bits per heavy atom. The van der Waals surface area contributed by atoms with Crippen molar-refractivity contribution in [1.82, 2.24) is 4.90 Å². The first-order valence-electron chi connectivity index (χ1n) is 5.38. The molecule has 94 valence electrons. The number of carbonyl (C=O) groups is 1. The topological polar surface area (TPSA) is 60.8 Å². The van der Waals surface area contributed by atoms with Gasteiger partial charge in [0.25, 0.3) is 5.91 Å². The second-order valence-electron chi connectivity index (χ2n) is 3.57. The van der Waals surface area contributed by atoms with Crippen LogP contribution in [0.3, 0.4) is 0 Å². The summed E-state index contributed by atoms with van der Waals surface area (Å²) in [7, 11) is 0. The molecule has 5 heteroatoms. The van der Waals surface area contributed by atoms with Crippen molar-refractivity contribution in [3.8, 4) is 0 Å². The molecule has 0 heterocycles. The smallest absolute Gasteiger partial charge is 0.254 e. The molecule has 4 nitrogen and oxygen atoms in total. The van der Waals surface area contributed by atoms with Crippen molar-refractivity contribution in [1.29, 1.82) is 0 Å². The molecular weight excluding hydrogens is 242 g/mol. The average molecular weight is 258 g/mol. The van der Waals surface area contributed by atoms with E-state index in [-0.39, 0.29) is 32.2 Å². The predicted octanol–water partition coefficient (Wildman–Crippen LogP) is 0.852. The summed E-state index contributed by atoms with van der Waals surface area (Å²) < 4.78 is 0. The molecule has 0 saturated carbocycles. The van der Waals surface area contributed by atoms with Crippen LogP contribution in [-0.2, 0) is 5.88 Å².